The van der Waals surface area contributed by atoms with Crippen molar-refractivity contribution in [2.24, 2.45) is 11.7 Å². The molecule has 0 saturated carbocycles. The SMILES string of the molecule is CC1CCN(c2nccc(CN)c2Cl)C1. The lowest BCUT2D eigenvalue weighted by Crippen LogP contribution is -2.21. The van der Waals surface area contributed by atoms with Gasteiger partial charge in [-0.3, -0.25) is 0 Å². The van der Waals surface area contributed by atoms with Gasteiger partial charge in [-0.25, -0.2) is 4.98 Å². The van der Waals surface area contributed by atoms with Crippen molar-refractivity contribution in [2.75, 3.05) is 18.0 Å². The van der Waals surface area contributed by atoms with Gasteiger partial charge >= 0.3 is 0 Å². The lowest BCUT2D eigenvalue weighted by Gasteiger charge is -2.19. The Kier molecular flexibility index (Phi) is 3.12. The van der Waals surface area contributed by atoms with Gasteiger partial charge in [0, 0.05) is 25.8 Å². The molecule has 2 rings (SSSR count). The molecule has 1 unspecified atom stereocenters. The smallest absolute Gasteiger partial charge is 0.147 e. The minimum absolute atomic E-state index is 0.470. The van der Waals surface area contributed by atoms with E-state index in [0.717, 1.165) is 30.4 Å². The number of rotatable bonds is 2. The average Bonchev–Trinajstić information content (AvgIpc) is 2.65. The quantitative estimate of drug-likeness (QED) is 0.838. The highest BCUT2D eigenvalue weighted by Gasteiger charge is 2.22. The molecular weight excluding hydrogens is 210 g/mol. The zero-order valence-electron chi connectivity index (χ0n) is 8.91. The molecule has 1 saturated heterocycles. The molecule has 0 radical (unpaired) electrons. The van der Waals surface area contributed by atoms with Crippen molar-refractivity contribution in [1.82, 2.24) is 4.98 Å². The van der Waals surface area contributed by atoms with Gasteiger partial charge in [0.15, 0.2) is 0 Å². The highest BCUT2D eigenvalue weighted by molar-refractivity contribution is 6.33. The van der Waals surface area contributed by atoms with Crippen molar-refractivity contribution in [2.45, 2.75) is 19.9 Å². The van der Waals surface area contributed by atoms with Crippen LogP contribution in [0.2, 0.25) is 5.02 Å². The molecule has 1 aromatic rings. The fraction of sp³-hybridized carbons (Fsp3) is 0.545. The first-order chi connectivity index (χ1) is 7.22. The number of aromatic nitrogens is 1. The molecule has 4 heteroatoms. The van der Waals surface area contributed by atoms with Crippen LogP contribution in [-0.4, -0.2) is 18.1 Å². The Morgan fingerprint density at radius 1 is 1.67 bits per heavy atom. The van der Waals surface area contributed by atoms with Gasteiger partial charge in [-0.05, 0) is 24.0 Å². The Hall–Kier alpha value is -0.800. The van der Waals surface area contributed by atoms with E-state index in [4.69, 9.17) is 17.3 Å². The van der Waals surface area contributed by atoms with Crippen molar-refractivity contribution in [3.8, 4) is 0 Å². The fourth-order valence-corrected chi connectivity index (χ4v) is 2.29. The van der Waals surface area contributed by atoms with Gasteiger partial charge in [0.1, 0.15) is 5.82 Å². The predicted octanol–water partition coefficient (Wildman–Crippen LogP) is 2.04. The molecule has 2 N–H and O–H groups in total. The highest BCUT2D eigenvalue weighted by Crippen LogP contribution is 2.30. The first-order valence-electron chi connectivity index (χ1n) is 5.30. The van der Waals surface area contributed by atoms with Crippen molar-refractivity contribution in [3.63, 3.8) is 0 Å². The summed E-state index contributed by atoms with van der Waals surface area (Å²) in [6, 6.07) is 1.88. The summed E-state index contributed by atoms with van der Waals surface area (Å²) in [5, 5.41) is 0.717. The van der Waals surface area contributed by atoms with E-state index >= 15 is 0 Å². The maximum absolute atomic E-state index is 6.25. The minimum Gasteiger partial charge on any atom is -0.355 e. The molecule has 0 spiro atoms. The monoisotopic (exact) mass is 225 g/mol. The summed E-state index contributed by atoms with van der Waals surface area (Å²) in [7, 11) is 0. The minimum atomic E-state index is 0.470. The second kappa shape index (κ2) is 4.37. The van der Waals surface area contributed by atoms with Crippen molar-refractivity contribution < 1.29 is 0 Å². The zero-order chi connectivity index (χ0) is 10.8. The van der Waals surface area contributed by atoms with E-state index in [2.05, 4.69) is 16.8 Å². The molecule has 3 nitrogen and oxygen atoms in total. The van der Waals surface area contributed by atoms with Gasteiger partial charge in [0.25, 0.3) is 0 Å². The topological polar surface area (TPSA) is 42.2 Å². The van der Waals surface area contributed by atoms with Gasteiger partial charge < -0.3 is 10.6 Å². The standard InChI is InChI=1S/C11H16ClN3/c1-8-3-5-15(7-8)11-10(12)9(6-13)2-4-14-11/h2,4,8H,3,5-7,13H2,1H3. The Balaban J connectivity index is 2.28. The molecular formula is C11H16ClN3. The van der Waals surface area contributed by atoms with E-state index in [1.54, 1.807) is 6.20 Å². The molecule has 1 atom stereocenters. The van der Waals surface area contributed by atoms with E-state index in [0.29, 0.717) is 11.6 Å². The summed E-state index contributed by atoms with van der Waals surface area (Å²) in [6.07, 6.45) is 3.00. The van der Waals surface area contributed by atoms with Gasteiger partial charge in [0.2, 0.25) is 0 Å². The van der Waals surface area contributed by atoms with Crippen molar-refractivity contribution in [3.05, 3.63) is 22.8 Å². The number of nitrogens with zero attached hydrogens (tertiary/aromatic N) is 2. The predicted molar refractivity (Wildman–Crippen MR) is 63.1 cm³/mol. The van der Waals surface area contributed by atoms with E-state index in [-0.39, 0.29) is 0 Å². The molecule has 1 aromatic heterocycles. The second-order valence-corrected chi connectivity index (χ2v) is 4.53. The number of pyridine rings is 1. The first kappa shape index (κ1) is 10.7. The molecule has 1 aliphatic rings. The van der Waals surface area contributed by atoms with Gasteiger partial charge in [0.05, 0.1) is 5.02 Å². The number of halogens is 1. The molecule has 0 aliphatic carbocycles. The summed E-state index contributed by atoms with van der Waals surface area (Å²) >= 11 is 6.25. The normalized spacial score (nSPS) is 21.0. The number of hydrogen-bond donors (Lipinski definition) is 1. The summed E-state index contributed by atoms with van der Waals surface area (Å²) in [6.45, 7) is 4.81. The van der Waals surface area contributed by atoms with Crippen LogP contribution < -0.4 is 10.6 Å². The molecule has 15 heavy (non-hydrogen) atoms. The lowest BCUT2D eigenvalue weighted by atomic mass is 10.2. The highest BCUT2D eigenvalue weighted by atomic mass is 35.5. The third-order valence-electron chi connectivity index (χ3n) is 2.89. The Morgan fingerprint density at radius 3 is 3.07 bits per heavy atom. The first-order valence-corrected chi connectivity index (χ1v) is 5.68. The van der Waals surface area contributed by atoms with E-state index < -0.39 is 0 Å². The van der Waals surface area contributed by atoms with Gasteiger partial charge in [-0.2, -0.15) is 0 Å². The van der Waals surface area contributed by atoms with Crippen LogP contribution in [0.15, 0.2) is 12.3 Å². The number of nitrogens with two attached hydrogens (primary N) is 1. The zero-order valence-corrected chi connectivity index (χ0v) is 9.67. The van der Waals surface area contributed by atoms with E-state index in [9.17, 15) is 0 Å². The maximum Gasteiger partial charge on any atom is 0.147 e. The maximum atomic E-state index is 6.25. The molecule has 1 fully saturated rings. The van der Waals surface area contributed by atoms with Crippen LogP contribution in [-0.2, 0) is 6.54 Å². The lowest BCUT2D eigenvalue weighted by molar-refractivity contribution is 0.659. The summed E-state index contributed by atoms with van der Waals surface area (Å²) in [5.74, 6) is 1.62. The second-order valence-electron chi connectivity index (χ2n) is 4.15. The number of hydrogen-bond acceptors (Lipinski definition) is 3. The van der Waals surface area contributed by atoms with Crippen LogP contribution in [0.4, 0.5) is 5.82 Å². The number of anilines is 1. The van der Waals surface area contributed by atoms with Crippen molar-refractivity contribution >= 4 is 17.4 Å². The van der Waals surface area contributed by atoms with Crippen LogP contribution in [0.5, 0.6) is 0 Å². The summed E-state index contributed by atoms with van der Waals surface area (Å²) < 4.78 is 0. The van der Waals surface area contributed by atoms with Crippen LogP contribution in [0.1, 0.15) is 18.9 Å². The van der Waals surface area contributed by atoms with Crippen LogP contribution >= 0.6 is 11.6 Å². The van der Waals surface area contributed by atoms with Crippen LogP contribution in [0.3, 0.4) is 0 Å². The molecule has 0 aromatic carbocycles. The van der Waals surface area contributed by atoms with Gasteiger partial charge in [-0.15, -0.1) is 0 Å². The Labute approximate surface area is 95.2 Å². The Morgan fingerprint density at radius 2 is 2.47 bits per heavy atom. The Bertz CT molecular complexity index is 354. The molecule has 82 valence electrons. The molecule has 1 aliphatic heterocycles. The van der Waals surface area contributed by atoms with Crippen LogP contribution in [0, 0.1) is 5.92 Å². The van der Waals surface area contributed by atoms with E-state index in [1.807, 2.05) is 6.07 Å². The van der Waals surface area contributed by atoms with Crippen molar-refractivity contribution in [1.29, 1.82) is 0 Å². The molecule has 0 bridgehead atoms. The third kappa shape index (κ3) is 2.08. The third-order valence-corrected chi connectivity index (χ3v) is 3.31. The summed E-state index contributed by atoms with van der Waals surface area (Å²) in [4.78, 5) is 6.58. The molecule has 2 heterocycles. The fourth-order valence-electron chi connectivity index (χ4n) is 1.98. The molecule has 0 amide bonds. The summed E-state index contributed by atoms with van der Waals surface area (Å²) in [5.41, 5.74) is 6.59. The van der Waals surface area contributed by atoms with Crippen LogP contribution in [0.25, 0.3) is 0 Å². The largest absolute Gasteiger partial charge is 0.355 e. The van der Waals surface area contributed by atoms with E-state index in [1.165, 1.54) is 6.42 Å². The average molecular weight is 226 g/mol. The van der Waals surface area contributed by atoms with Gasteiger partial charge in [-0.1, -0.05) is 18.5 Å².